The van der Waals surface area contributed by atoms with Crippen molar-refractivity contribution in [2.24, 2.45) is 5.92 Å². The van der Waals surface area contributed by atoms with Crippen molar-refractivity contribution in [1.82, 2.24) is 5.32 Å². The summed E-state index contributed by atoms with van der Waals surface area (Å²) in [5.41, 5.74) is 0. The molecule has 2 fully saturated rings. The summed E-state index contributed by atoms with van der Waals surface area (Å²) in [7, 11) is -2.82. The van der Waals surface area contributed by atoms with Crippen LogP contribution in [0.5, 0.6) is 0 Å². The van der Waals surface area contributed by atoms with Gasteiger partial charge in [-0.1, -0.05) is 6.92 Å². The smallest absolute Gasteiger partial charge is 0.153 e. The Kier molecular flexibility index (Phi) is 3.33. The molecule has 0 radical (unpaired) electrons. The molecule has 0 aromatic carbocycles. The molecule has 2 heterocycles. The maximum absolute atomic E-state index is 11.6. The number of nitrogens with one attached hydrogen (secondary N) is 1. The normalized spacial score (nSPS) is 40.5. The first-order chi connectivity index (χ1) is 7.08. The van der Waals surface area contributed by atoms with E-state index in [4.69, 9.17) is 4.74 Å². The first-order valence-corrected chi connectivity index (χ1v) is 7.36. The second-order valence-electron chi connectivity index (χ2n) is 4.70. The van der Waals surface area contributed by atoms with Crippen molar-refractivity contribution >= 4 is 9.84 Å². The van der Waals surface area contributed by atoms with Gasteiger partial charge in [0.1, 0.15) is 6.23 Å². The second kappa shape index (κ2) is 4.39. The lowest BCUT2D eigenvalue weighted by Gasteiger charge is -2.29. The third kappa shape index (κ3) is 2.71. The topological polar surface area (TPSA) is 55.4 Å². The molecular formula is C10H19NO3S. The minimum atomic E-state index is -2.82. The van der Waals surface area contributed by atoms with Crippen LogP contribution in [0.25, 0.3) is 0 Å². The van der Waals surface area contributed by atoms with E-state index in [1.54, 1.807) is 0 Å². The fraction of sp³-hybridized carbons (Fsp3) is 1.00. The molecule has 2 aliphatic rings. The Morgan fingerprint density at radius 1 is 1.47 bits per heavy atom. The third-order valence-electron chi connectivity index (χ3n) is 3.22. The Bertz CT molecular complexity index is 307. The van der Waals surface area contributed by atoms with Crippen LogP contribution in [0.3, 0.4) is 0 Å². The molecule has 0 spiro atoms. The highest BCUT2D eigenvalue weighted by molar-refractivity contribution is 7.92. The van der Waals surface area contributed by atoms with Crippen molar-refractivity contribution in [2.45, 2.75) is 37.7 Å². The fourth-order valence-electron chi connectivity index (χ4n) is 2.24. The summed E-state index contributed by atoms with van der Waals surface area (Å²) in [4.78, 5) is 0. The lowest BCUT2D eigenvalue weighted by atomic mass is 10.1. The number of ether oxygens (including phenoxy) is 1. The highest BCUT2D eigenvalue weighted by Crippen LogP contribution is 2.25. The van der Waals surface area contributed by atoms with Crippen LogP contribution < -0.4 is 5.32 Å². The highest BCUT2D eigenvalue weighted by Gasteiger charge is 2.34. The zero-order valence-corrected chi connectivity index (χ0v) is 9.92. The van der Waals surface area contributed by atoms with Crippen LogP contribution in [-0.4, -0.2) is 38.8 Å². The number of hydrogen-bond acceptors (Lipinski definition) is 4. The van der Waals surface area contributed by atoms with Crippen LogP contribution in [-0.2, 0) is 14.6 Å². The van der Waals surface area contributed by atoms with Crippen molar-refractivity contribution in [2.75, 3.05) is 18.9 Å². The molecule has 0 aromatic rings. The van der Waals surface area contributed by atoms with Gasteiger partial charge in [0.15, 0.2) is 9.84 Å². The first kappa shape index (κ1) is 11.4. The van der Waals surface area contributed by atoms with Crippen molar-refractivity contribution in [3.63, 3.8) is 0 Å². The quantitative estimate of drug-likeness (QED) is 0.756. The average molecular weight is 233 g/mol. The Balaban J connectivity index is 1.87. The van der Waals surface area contributed by atoms with Crippen LogP contribution in [0.2, 0.25) is 0 Å². The van der Waals surface area contributed by atoms with Crippen LogP contribution in [0, 0.1) is 5.92 Å². The van der Waals surface area contributed by atoms with E-state index in [2.05, 4.69) is 12.2 Å². The number of sulfone groups is 1. The zero-order valence-electron chi connectivity index (χ0n) is 9.11. The van der Waals surface area contributed by atoms with E-state index >= 15 is 0 Å². The van der Waals surface area contributed by atoms with E-state index in [0.29, 0.717) is 18.1 Å². The predicted octanol–water partition coefficient (Wildman–Crippen LogP) is 0.536. The molecule has 2 saturated heterocycles. The van der Waals surface area contributed by atoms with Gasteiger partial charge in [0.25, 0.3) is 0 Å². The van der Waals surface area contributed by atoms with Crippen LogP contribution in [0.4, 0.5) is 0 Å². The first-order valence-electron chi connectivity index (χ1n) is 5.64. The maximum atomic E-state index is 11.6. The van der Waals surface area contributed by atoms with Gasteiger partial charge in [-0.15, -0.1) is 0 Å². The molecule has 0 bridgehead atoms. The molecule has 1 N–H and O–H groups in total. The average Bonchev–Trinajstić information content (AvgIpc) is 2.50. The van der Waals surface area contributed by atoms with E-state index in [-0.39, 0.29) is 11.5 Å². The molecule has 0 aliphatic carbocycles. The van der Waals surface area contributed by atoms with Crippen molar-refractivity contribution in [3.05, 3.63) is 0 Å². The lowest BCUT2D eigenvalue weighted by Crippen LogP contribution is -2.44. The monoisotopic (exact) mass is 233 g/mol. The van der Waals surface area contributed by atoms with Crippen molar-refractivity contribution < 1.29 is 13.2 Å². The molecule has 15 heavy (non-hydrogen) atoms. The van der Waals surface area contributed by atoms with Crippen LogP contribution in [0.15, 0.2) is 0 Å². The molecule has 2 aliphatic heterocycles. The summed E-state index contributed by atoms with van der Waals surface area (Å²) in [5, 5.41) is 3.07. The summed E-state index contributed by atoms with van der Waals surface area (Å²) in [6.45, 7) is 3.79. The summed E-state index contributed by atoms with van der Waals surface area (Å²) in [6.07, 6.45) is 2.18. The molecule has 0 aromatic heterocycles. The lowest BCUT2D eigenvalue weighted by molar-refractivity contribution is -0.0280. The number of hydrogen-bond donors (Lipinski definition) is 1. The van der Waals surface area contributed by atoms with Crippen LogP contribution >= 0.6 is 0 Å². The molecule has 5 heteroatoms. The Morgan fingerprint density at radius 2 is 2.27 bits per heavy atom. The van der Waals surface area contributed by atoms with Gasteiger partial charge in [-0.3, -0.25) is 5.32 Å². The minimum Gasteiger partial charge on any atom is -0.363 e. The maximum Gasteiger partial charge on any atom is 0.153 e. The number of rotatable bonds is 2. The summed E-state index contributed by atoms with van der Waals surface area (Å²) in [6, 6.07) is 0. The molecule has 0 saturated carbocycles. The molecule has 2 rings (SSSR count). The van der Waals surface area contributed by atoms with E-state index in [0.717, 1.165) is 26.0 Å². The third-order valence-corrected chi connectivity index (χ3v) is 5.52. The molecular weight excluding hydrogens is 214 g/mol. The highest BCUT2D eigenvalue weighted by atomic mass is 32.2. The summed E-state index contributed by atoms with van der Waals surface area (Å²) >= 11 is 0. The van der Waals surface area contributed by atoms with Gasteiger partial charge in [-0.25, -0.2) is 8.42 Å². The molecule has 3 atom stereocenters. The van der Waals surface area contributed by atoms with Gasteiger partial charge < -0.3 is 4.74 Å². The predicted molar refractivity (Wildman–Crippen MR) is 58.3 cm³/mol. The zero-order chi connectivity index (χ0) is 10.9. The van der Waals surface area contributed by atoms with Gasteiger partial charge >= 0.3 is 0 Å². The van der Waals surface area contributed by atoms with E-state index in [1.807, 2.05) is 0 Å². The second-order valence-corrected chi connectivity index (χ2v) is 7.10. The SMILES string of the molecule is CC1CNC(CC2CCCS2(=O)=O)OC1. The Labute approximate surface area is 91.3 Å². The molecule has 4 nitrogen and oxygen atoms in total. The van der Waals surface area contributed by atoms with Gasteiger partial charge in [-0.05, 0) is 18.8 Å². The largest absolute Gasteiger partial charge is 0.363 e. The summed E-state index contributed by atoms with van der Waals surface area (Å²) in [5.74, 6) is 0.891. The molecule has 0 amide bonds. The van der Waals surface area contributed by atoms with Crippen molar-refractivity contribution in [1.29, 1.82) is 0 Å². The standard InChI is InChI=1S/C10H19NO3S/c1-8-6-11-10(14-7-8)5-9-3-2-4-15(9,12)13/h8-11H,2-7H2,1H3. The van der Waals surface area contributed by atoms with Crippen molar-refractivity contribution in [3.8, 4) is 0 Å². The fourth-order valence-corrected chi connectivity index (χ4v) is 4.14. The van der Waals surface area contributed by atoms with Gasteiger partial charge in [0.05, 0.1) is 17.6 Å². The Morgan fingerprint density at radius 3 is 2.80 bits per heavy atom. The molecule has 88 valence electrons. The van der Waals surface area contributed by atoms with Crippen LogP contribution in [0.1, 0.15) is 26.2 Å². The van der Waals surface area contributed by atoms with E-state index in [1.165, 1.54) is 0 Å². The minimum absolute atomic E-state index is 0.0564. The summed E-state index contributed by atoms with van der Waals surface area (Å²) < 4.78 is 28.8. The van der Waals surface area contributed by atoms with E-state index in [9.17, 15) is 8.42 Å². The van der Waals surface area contributed by atoms with Gasteiger partial charge in [0.2, 0.25) is 0 Å². The van der Waals surface area contributed by atoms with Gasteiger partial charge in [0, 0.05) is 13.0 Å². The van der Waals surface area contributed by atoms with Gasteiger partial charge in [-0.2, -0.15) is 0 Å². The molecule has 3 unspecified atom stereocenters. The van der Waals surface area contributed by atoms with E-state index < -0.39 is 9.84 Å². The Hall–Kier alpha value is -0.130.